The van der Waals surface area contributed by atoms with Gasteiger partial charge in [-0.15, -0.1) is 0 Å². The van der Waals surface area contributed by atoms with Crippen LogP contribution in [0.4, 0.5) is 5.69 Å². The highest BCUT2D eigenvalue weighted by atomic mass is 79.9. The monoisotopic (exact) mass is 268 g/mol. The number of hydrogen-bond donors (Lipinski definition) is 1. The summed E-state index contributed by atoms with van der Waals surface area (Å²) in [5.74, 6) is 0. The predicted octanol–water partition coefficient (Wildman–Crippen LogP) is 2.77. The lowest BCUT2D eigenvalue weighted by Gasteiger charge is -2.38. The van der Waals surface area contributed by atoms with Crippen LogP contribution in [-0.2, 0) is 0 Å². The molecule has 0 spiro atoms. The minimum absolute atomic E-state index is 0.0336. The van der Waals surface area contributed by atoms with Crippen molar-refractivity contribution in [3.05, 3.63) is 28.7 Å². The van der Waals surface area contributed by atoms with Gasteiger partial charge in [-0.05, 0) is 44.0 Å². The number of piperidine rings is 1. The first kappa shape index (κ1) is 11.0. The van der Waals surface area contributed by atoms with Crippen LogP contribution in [0.1, 0.15) is 19.8 Å². The van der Waals surface area contributed by atoms with E-state index in [0.717, 1.165) is 30.4 Å². The molecule has 1 aromatic carbocycles. The maximum atomic E-state index is 6.11. The molecule has 0 aliphatic carbocycles. The minimum Gasteiger partial charge on any atom is -0.371 e. The normalized spacial score (nSPS) is 20.3. The lowest BCUT2D eigenvalue weighted by molar-refractivity contribution is 0.364. The van der Waals surface area contributed by atoms with Crippen molar-refractivity contribution >= 4 is 21.6 Å². The molecule has 15 heavy (non-hydrogen) atoms. The Bertz CT molecular complexity index is 322. The minimum atomic E-state index is 0.0336. The second-order valence-corrected chi connectivity index (χ2v) is 5.53. The Kier molecular flexibility index (Phi) is 3.03. The van der Waals surface area contributed by atoms with Gasteiger partial charge in [0.2, 0.25) is 0 Å². The number of benzene rings is 1. The van der Waals surface area contributed by atoms with Crippen LogP contribution in [0.25, 0.3) is 0 Å². The van der Waals surface area contributed by atoms with Crippen molar-refractivity contribution in [2.24, 2.45) is 5.73 Å². The van der Waals surface area contributed by atoms with Crippen molar-refractivity contribution in [2.45, 2.75) is 25.3 Å². The summed E-state index contributed by atoms with van der Waals surface area (Å²) in [4.78, 5) is 2.40. The third-order valence-corrected chi connectivity index (χ3v) is 3.63. The van der Waals surface area contributed by atoms with Gasteiger partial charge in [0.25, 0.3) is 0 Å². The van der Waals surface area contributed by atoms with Crippen LogP contribution >= 0.6 is 15.9 Å². The van der Waals surface area contributed by atoms with Crippen LogP contribution in [0.15, 0.2) is 28.7 Å². The van der Waals surface area contributed by atoms with Gasteiger partial charge in [0.1, 0.15) is 0 Å². The molecule has 1 aromatic rings. The second-order valence-electron chi connectivity index (χ2n) is 4.62. The first-order valence-corrected chi connectivity index (χ1v) is 6.16. The quantitative estimate of drug-likeness (QED) is 0.849. The zero-order valence-corrected chi connectivity index (χ0v) is 10.6. The molecular formula is C12H17BrN2. The summed E-state index contributed by atoms with van der Waals surface area (Å²) in [5, 5.41) is 0. The van der Waals surface area contributed by atoms with E-state index in [0.29, 0.717) is 0 Å². The highest BCUT2D eigenvalue weighted by Crippen LogP contribution is 2.25. The van der Waals surface area contributed by atoms with E-state index in [-0.39, 0.29) is 5.54 Å². The molecule has 0 unspecified atom stereocenters. The molecule has 0 radical (unpaired) electrons. The molecule has 1 aliphatic heterocycles. The van der Waals surface area contributed by atoms with Crippen molar-refractivity contribution in [1.29, 1.82) is 0 Å². The van der Waals surface area contributed by atoms with E-state index >= 15 is 0 Å². The molecule has 0 saturated carbocycles. The molecule has 0 atom stereocenters. The molecule has 0 amide bonds. The average molecular weight is 269 g/mol. The van der Waals surface area contributed by atoms with E-state index in [2.05, 4.69) is 52.0 Å². The number of hydrogen-bond acceptors (Lipinski definition) is 2. The molecule has 1 fully saturated rings. The molecule has 82 valence electrons. The first-order chi connectivity index (χ1) is 7.07. The van der Waals surface area contributed by atoms with E-state index in [9.17, 15) is 0 Å². The Morgan fingerprint density at radius 3 is 2.27 bits per heavy atom. The summed E-state index contributed by atoms with van der Waals surface area (Å²) in [6.07, 6.45) is 2.14. The van der Waals surface area contributed by atoms with Gasteiger partial charge in [-0.25, -0.2) is 0 Å². The fraction of sp³-hybridized carbons (Fsp3) is 0.500. The predicted molar refractivity (Wildman–Crippen MR) is 68.2 cm³/mol. The molecule has 1 heterocycles. The number of nitrogens with zero attached hydrogens (tertiary/aromatic N) is 1. The number of halogens is 1. The summed E-state index contributed by atoms with van der Waals surface area (Å²) in [6, 6.07) is 8.49. The van der Waals surface area contributed by atoms with Gasteiger partial charge in [0.15, 0.2) is 0 Å². The van der Waals surface area contributed by atoms with Crippen molar-refractivity contribution in [1.82, 2.24) is 0 Å². The second kappa shape index (κ2) is 4.14. The third-order valence-electron chi connectivity index (χ3n) is 3.10. The molecule has 2 rings (SSSR count). The molecule has 0 aromatic heterocycles. The van der Waals surface area contributed by atoms with Crippen LogP contribution in [0, 0.1) is 0 Å². The Morgan fingerprint density at radius 2 is 1.73 bits per heavy atom. The van der Waals surface area contributed by atoms with Gasteiger partial charge in [0.05, 0.1) is 0 Å². The highest BCUT2D eigenvalue weighted by molar-refractivity contribution is 9.10. The van der Waals surface area contributed by atoms with E-state index in [1.54, 1.807) is 0 Å². The topological polar surface area (TPSA) is 29.3 Å². The van der Waals surface area contributed by atoms with Gasteiger partial charge in [-0.1, -0.05) is 15.9 Å². The molecule has 3 heteroatoms. The molecule has 2 N–H and O–H groups in total. The summed E-state index contributed by atoms with van der Waals surface area (Å²) >= 11 is 3.45. The van der Waals surface area contributed by atoms with Gasteiger partial charge in [-0.2, -0.15) is 0 Å². The Balaban J connectivity index is 2.04. The van der Waals surface area contributed by atoms with Crippen LogP contribution in [0.5, 0.6) is 0 Å². The van der Waals surface area contributed by atoms with Crippen LogP contribution in [-0.4, -0.2) is 18.6 Å². The van der Waals surface area contributed by atoms with Crippen LogP contribution in [0.2, 0.25) is 0 Å². The molecule has 1 aliphatic rings. The zero-order valence-electron chi connectivity index (χ0n) is 9.04. The number of rotatable bonds is 1. The third kappa shape index (κ3) is 2.73. The van der Waals surface area contributed by atoms with Crippen molar-refractivity contribution in [3.63, 3.8) is 0 Å². The van der Waals surface area contributed by atoms with Gasteiger partial charge < -0.3 is 10.6 Å². The van der Waals surface area contributed by atoms with Crippen LogP contribution < -0.4 is 10.6 Å². The molecule has 0 bridgehead atoms. The van der Waals surface area contributed by atoms with E-state index < -0.39 is 0 Å². The molecular weight excluding hydrogens is 252 g/mol. The Hall–Kier alpha value is -0.540. The number of anilines is 1. The summed E-state index contributed by atoms with van der Waals surface area (Å²) in [7, 11) is 0. The van der Waals surface area contributed by atoms with Crippen molar-refractivity contribution in [3.8, 4) is 0 Å². The molecule has 1 saturated heterocycles. The fourth-order valence-electron chi connectivity index (χ4n) is 1.93. The van der Waals surface area contributed by atoms with Gasteiger partial charge in [0, 0.05) is 28.8 Å². The maximum absolute atomic E-state index is 6.11. The lowest BCUT2D eigenvalue weighted by Crippen LogP contribution is -2.48. The number of nitrogens with two attached hydrogens (primary N) is 1. The fourth-order valence-corrected chi connectivity index (χ4v) is 2.19. The maximum Gasteiger partial charge on any atom is 0.0366 e. The summed E-state index contributed by atoms with van der Waals surface area (Å²) in [5.41, 5.74) is 7.44. The first-order valence-electron chi connectivity index (χ1n) is 5.36. The van der Waals surface area contributed by atoms with Gasteiger partial charge >= 0.3 is 0 Å². The van der Waals surface area contributed by atoms with Crippen molar-refractivity contribution < 1.29 is 0 Å². The van der Waals surface area contributed by atoms with Gasteiger partial charge in [-0.3, -0.25) is 0 Å². The Labute approximate surface area is 99.6 Å². The SMILES string of the molecule is CC1(N)CCN(c2ccc(Br)cc2)CC1. The average Bonchev–Trinajstić information content (AvgIpc) is 2.20. The van der Waals surface area contributed by atoms with Crippen LogP contribution in [0.3, 0.4) is 0 Å². The van der Waals surface area contributed by atoms with E-state index in [1.165, 1.54) is 5.69 Å². The van der Waals surface area contributed by atoms with Crippen molar-refractivity contribution in [2.75, 3.05) is 18.0 Å². The van der Waals surface area contributed by atoms with E-state index in [1.807, 2.05) is 0 Å². The zero-order chi connectivity index (χ0) is 10.9. The Morgan fingerprint density at radius 1 is 1.20 bits per heavy atom. The lowest BCUT2D eigenvalue weighted by atomic mass is 9.91. The van der Waals surface area contributed by atoms with E-state index in [4.69, 9.17) is 5.73 Å². The smallest absolute Gasteiger partial charge is 0.0366 e. The summed E-state index contributed by atoms with van der Waals surface area (Å²) < 4.78 is 1.13. The summed E-state index contributed by atoms with van der Waals surface area (Å²) in [6.45, 7) is 4.27. The highest BCUT2D eigenvalue weighted by Gasteiger charge is 2.25. The molecule has 2 nitrogen and oxygen atoms in total. The largest absolute Gasteiger partial charge is 0.371 e. The standard InChI is InChI=1S/C12H17BrN2/c1-12(14)6-8-15(9-7-12)11-4-2-10(13)3-5-11/h2-5H,6-9,14H2,1H3.